The predicted molar refractivity (Wildman–Crippen MR) is 99.0 cm³/mol. The van der Waals surface area contributed by atoms with Gasteiger partial charge >= 0.3 is 5.97 Å². The summed E-state index contributed by atoms with van der Waals surface area (Å²) in [5.74, 6) is -0.655. The molecule has 0 aromatic heterocycles. The molecule has 8 heteroatoms. The molecule has 2 rings (SSSR count). The largest absolute Gasteiger partial charge is 0.449 e. The molecule has 0 unspecified atom stereocenters. The fraction of sp³-hybridized carbons (Fsp3) is 0.556. The quantitative estimate of drug-likeness (QED) is 0.740. The maximum atomic E-state index is 12.2. The Kier molecular flexibility index (Phi) is 7.06. The molecule has 26 heavy (non-hydrogen) atoms. The van der Waals surface area contributed by atoms with Gasteiger partial charge in [-0.1, -0.05) is 30.9 Å². The zero-order valence-electron chi connectivity index (χ0n) is 15.0. The second kappa shape index (κ2) is 8.86. The van der Waals surface area contributed by atoms with Gasteiger partial charge in [-0.15, -0.1) is 0 Å². The van der Waals surface area contributed by atoms with Gasteiger partial charge in [0.15, 0.2) is 15.9 Å². The van der Waals surface area contributed by atoms with Gasteiger partial charge in [0.2, 0.25) is 0 Å². The number of carbonyl (C=O) groups excluding carboxylic acids is 2. The third-order valence-corrected chi connectivity index (χ3v) is 6.09. The number of carbonyl (C=O) groups is 2. The van der Waals surface area contributed by atoms with Crippen molar-refractivity contribution in [3.8, 4) is 0 Å². The third-order valence-electron chi connectivity index (χ3n) is 4.51. The van der Waals surface area contributed by atoms with Crippen LogP contribution in [0.25, 0.3) is 0 Å². The maximum Gasteiger partial charge on any atom is 0.338 e. The van der Waals surface area contributed by atoms with Gasteiger partial charge in [0.1, 0.15) is 0 Å². The highest BCUT2D eigenvalue weighted by molar-refractivity contribution is 7.90. The third kappa shape index (κ3) is 5.71. The van der Waals surface area contributed by atoms with Gasteiger partial charge in [-0.2, -0.15) is 0 Å². The number of benzene rings is 1. The van der Waals surface area contributed by atoms with E-state index in [0.29, 0.717) is 12.5 Å². The second-order valence-electron chi connectivity index (χ2n) is 6.71. The van der Waals surface area contributed by atoms with Crippen LogP contribution in [0.1, 0.15) is 49.4 Å². The van der Waals surface area contributed by atoms with Crippen molar-refractivity contribution >= 4 is 33.3 Å². The second-order valence-corrected chi connectivity index (χ2v) is 9.11. The summed E-state index contributed by atoms with van der Waals surface area (Å²) in [7, 11) is -3.57. The highest BCUT2D eigenvalue weighted by Crippen LogP contribution is 2.24. The lowest BCUT2D eigenvalue weighted by Gasteiger charge is -2.22. The van der Waals surface area contributed by atoms with Crippen molar-refractivity contribution < 1.29 is 22.7 Å². The summed E-state index contributed by atoms with van der Waals surface area (Å²) in [6, 6.07) is 3.85. The molecule has 0 heterocycles. The van der Waals surface area contributed by atoms with Crippen molar-refractivity contribution in [3.63, 3.8) is 0 Å². The van der Waals surface area contributed by atoms with E-state index in [2.05, 4.69) is 5.32 Å². The molecule has 0 radical (unpaired) electrons. The topological polar surface area (TPSA) is 89.5 Å². The van der Waals surface area contributed by atoms with Gasteiger partial charge in [0, 0.05) is 12.8 Å². The Bertz CT molecular complexity index is 772. The summed E-state index contributed by atoms with van der Waals surface area (Å²) < 4.78 is 28.5. The van der Waals surface area contributed by atoms with Crippen LogP contribution < -0.4 is 5.32 Å². The van der Waals surface area contributed by atoms with Crippen LogP contribution >= 0.6 is 11.6 Å². The van der Waals surface area contributed by atoms with E-state index < -0.39 is 21.9 Å². The van der Waals surface area contributed by atoms with Crippen molar-refractivity contribution in [1.29, 1.82) is 0 Å². The fourth-order valence-electron chi connectivity index (χ4n) is 2.98. The minimum Gasteiger partial charge on any atom is -0.449 e. The standard InChI is InChI=1S/C18H24ClNO5S/c1-12(17(21)20-11-13-6-4-3-5-7-13)25-18(22)14-8-9-15(19)16(10-14)26(2,23)24/h8-10,12-13H,3-7,11H2,1-2H3,(H,20,21)/t12-/m0/s1. The number of hydrogen-bond acceptors (Lipinski definition) is 5. The number of esters is 1. The monoisotopic (exact) mass is 401 g/mol. The Morgan fingerprint density at radius 3 is 2.54 bits per heavy atom. The van der Waals surface area contributed by atoms with Crippen LogP contribution in [0.15, 0.2) is 23.1 Å². The van der Waals surface area contributed by atoms with E-state index in [-0.39, 0.29) is 21.4 Å². The SMILES string of the molecule is C[C@H](OC(=O)c1ccc(Cl)c(S(C)(=O)=O)c1)C(=O)NCC1CCCCC1. The molecule has 0 bridgehead atoms. The molecule has 1 fully saturated rings. The lowest BCUT2D eigenvalue weighted by Crippen LogP contribution is -2.38. The van der Waals surface area contributed by atoms with Crippen LogP contribution in [0, 0.1) is 5.92 Å². The van der Waals surface area contributed by atoms with E-state index >= 15 is 0 Å². The van der Waals surface area contributed by atoms with Crippen molar-refractivity contribution in [3.05, 3.63) is 28.8 Å². The summed E-state index contributed by atoms with van der Waals surface area (Å²) in [6.07, 6.45) is 5.86. The molecule has 1 aliphatic carbocycles. The molecule has 144 valence electrons. The first-order chi connectivity index (χ1) is 12.2. The number of halogens is 1. The number of sulfone groups is 1. The first kappa shape index (κ1) is 20.7. The fourth-order valence-corrected chi connectivity index (χ4v) is 4.28. The number of amides is 1. The Labute approximate surface area is 159 Å². The molecule has 6 nitrogen and oxygen atoms in total. The van der Waals surface area contributed by atoms with E-state index in [1.807, 2.05) is 0 Å². The highest BCUT2D eigenvalue weighted by atomic mass is 35.5. The van der Waals surface area contributed by atoms with Crippen LogP contribution in [-0.4, -0.2) is 39.2 Å². The normalized spacial score (nSPS) is 16.7. The highest BCUT2D eigenvalue weighted by Gasteiger charge is 2.22. The molecule has 1 amide bonds. The summed E-state index contributed by atoms with van der Waals surface area (Å²) in [5.41, 5.74) is 0.0294. The predicted octanol–water partition coefficient (Wildman–Crippen LogP) is 2.99. The van der Waals surface area contributed by atoms with Crippen LogP contribution in [0.5, 0.6) is 0 Å². The number of ether oxygens (including phenoxy) is 1. The zero-order chi connectivity index (χ0) is 19.3. The first-order valence-corrected chi connectivity index (χ1v) is 10.9. The van der Waals surface area contributed by atoms with E-state index in [9.17, 15) is 18.0 Å². The van der Waals surface area contributed by atoms with Crippen molar-refractivity contribution in [2.75, 3.05) is 12.8 Å². The molecular formula is C18H24ClNO5S. The average Bonchev–Trinajstić information content (AvgIpc) is 2.59. The summed E-state index contributed by atoms with van der Waals surface area (Å²) >= 11 is 5.86. The van der Waals surface area contributed by atoms with Gasteiger partial charge in [0.25, 0.3) is 5.91 Å². The summed E-state index contributed by atoms with van der Waals surface area (Å²) in [6.45, 7) is 2.07. The number of rotatable bonds is 6. The van der Waals surface area contributed by atoms with Crippen LogP contribution in [-0.2, 0) is 19.4 Å². The van der Waals surface area contributed by atoms with Gasteiger partial charge in [-0.05, 0) is 43.9 Å². The Morgan fingerprint density at radius 1 is 1.27 bits per heavy atom. The van der Waals surface area contributed by atoms with Gasteiger partial charge in [0.05, 0.1) is 15.5 Å². The van der Waals surface area contributed by atoms with Crippen molar-refractivity contribution in [2.24, 2.45) is 5.92 Å². The Balaban J connectivity index is 1.94. The van der Waals surface area contributed by atoms with Crippen LogP contribution in [0.3, 0.4) is 0 Å². The molecule has 0 saturated heterocycles. The Morgan fingerprint density at radius 2 is 1.92 bits per heavy atom. The van der Waals surface area contributed by atoms with Gasteiger partial charge in [-0.25, -0.2) is 13.2 Å². The molecule has 1 aliphatic rings. The molecule has 1 saturated carbocycles. The molecule has 1 N–H and O–H groups in total. The van der Waals surface area contributed by atoms with E-state index in [1.54, 1.807) is 0 Å². The number of hydrogen-bond donors (Lipinski definition) is 1. The van der Waals surface area contributed by atoms with Gasteiger partial charge < -0.3 is 10.1 Å². The Hall–Kier alpha value is -1.60. The van der Waals surface area contributed by atoms with Crippen LogP contribution in [0.2, 0.25) is 5.02 Å². The van der Waals surface area contributed by atoms with Gasteiger partial charge in [-0.3, -0.25) is 4.79 Å². The van der Waals surface area contributed by atoms with E-state index in [0.717, 1.165) is 25.2 Å². The summed E-state index contributed by atoms with van der Waals surface area (Å²) in [5, 5.41) is 2.85. The van der Waals surface area contributed by atoms with Crippen LogP contribution in [0.4, 0.5) is 0 Å². The lowest BCUT2D eigenvalue weighted by atomic mass is 9.89. The lowest BCUT2D eigenvalue weighted by molar-refractivity contribution is -0.129. The number of nitrogens with one attached hydrogen (secondary N) is 1. The smallest absolute Gasteiger partial charge is 0.338 e. The molecule has 1 atom stereocenters. The average molecular weight is 402 g/mol. The molecule has 1 aromatic carbocycles. The molecule has 0 spiro atoms. The molecular weight excluding hydrogens is 378 g/mol. The van der Waals surface area contributed by atoms with E-state index in [1.165, 1.54) is 38.3 Å². The van der Waals surface area contributed by atoms with Crippen molar-refractivity contribution in [1.82, 2.24) is 5.32 Å². The minimum absolute atomic E-state index is 0.0294. The minimum atomic E-state index is -3.57. The summed E-state index contributed by atoms with van der Waals surface area (Å²) in [4.78, 5) is 24.2. The zero-order valence-corrected chi connectivity index (χ0v) is 16.5. The van der Waals surface area contributed by atoms with E-state index in [4.69, 9.17) is 16.3 Å². The first-order valence-electron chi connectivity index (χ1n) is 8.67. The maximum absolute atomic E-state index is 12.2. The van der Waals surface area contributed by atoms with Crippen molar-refractivity contribution in [2.45, 2.75) is 50.0 Å². The molecule has 1 aromatic rings. The molecule has 0 aliphatic heterocycles.